The molecule has 1 aromatic carbocycles. The molecule has 0 spiro atoms. The van der Waals surface area contributed by atoms with Gasteiger partial charge in [0.15, 0.2) is 0 Å². The SMILES string of the molecule is C=C/C(=C\C)c1cc(C=N)cc(CN)c1. The Hall–Kier alpha value is -1.67. The lowest BCUT2D eigenvalue weighted by molar-refractivity contribution is 1.07. The fraction of sp³-hybridized carbons (Fsp3) is 0.154. The number of rotatable bonds is 4. The van der Waals surface area contributed by atoms with Gasteiger partial charge in [0.2, 0.25) is 0 Å². The maximum Gasteiger partial charge on any atom is 0.0250 e. The molecule has 0 radical (unpaired) electrons. The average molecular weight is 200 g/mol. The lowest BCUT2D eigenvalue weighted by Crippen LogP contribution is -1.98. The first-order chi connectivity index (χ1) is 7.24. The summed E-state index contributed by atoms with van der Waals surface area (Å²) >= 11 is 0. The lowest BCUT2D eigenvalue weighted by atomic mass is 10.00. The summed E-state index contributed by atoms with van der Waals surface area (Å²) in [6, 6.07) is 5.92. The van der Waals surface area contributed by atoms with Crippen LogP contribution in [0.5, 0.6) is 0 Å². The molecule has 15 heavy (non-hydrogen) atoms. The van der Waals surface area contributed by atoms with Crippen molar-refractivity contribution in [2.24, 2.45) is 5.73 Å². The van der Waals surface area contributed by atoms with Gasteiger partial charge in [-0.15, -0.1) is 0 Å². The van der Waals surface area contributed by atoms with Crippen molar-refractivity contribution in [3.63, 3.8) is 0 Å². The second-order valence-electron chi connectivity index (χ2n) is 3.26. The topological polar surface area (TPSA) is 49.9 Å². The van der Waals surface area contributed by atoms with Gasteiger partial charge < -0.3 is 11.1 Å². The third kappa shape index (κ3) is 2.64. The fourth-order valence-corrected chi connectivity index (χ4v) is 1.49. The van der Waals surface area contributed by atoms with Crippen LogP contribution in [0.2, 0.25) is 0 Å². The molecule has 0 saturated carbocycles. The molecule has 0 fully saturated rings. The van der Waals surface area contributed by atoms with Gasteiger partial charge in [-0.1, -0.05) is 18.7 Å². The first-order valence-electron chi connectivity index (χ1n) is 4.88. The van der Waals surface area contributed by atoms with E-state index in [9.17, 15) is 0 Å². The summed E-state index contributed by atoms with van der Waals surface area (Å²) in [7, 11) is 0. The van der Waals surface area contributed by atoms with E-state index in [1.165, 1.54) is 6.21 Å². The molecule has 0 atom stereocenters. The van der Waals surface area contributed by atoms with Crippen LogP contribution in [0.1, 0.15) is 23.6 Å². The Labute approximate surface area is 90.6 Å². The van der Waals surface area contributed by atoms with Gasteiger partial charge in [0.05, 0.1) is 0 Å². The molecule has 1 aromatic rings. The fourth-order valence-electron chi connectivity index (χ4n) is 1.49. The molecular weight excluding hydrogens is 184 g/mol. The largest absolute Gasteiger partial charge is 0.326 e. The predicted molar refractivity (Wildman–Crippen MR) is 66.1 cm³/mol. The van der Waals surface area contributed by atoms with Crippen molar-refractivity contribution in [1.82, 2.24) is 0 Å². The minimum absolute atomic E-state index is 0.489. The van der Waals surface area contributed by atoms with Crippen molar-refractivity contribution >= 4 is 11.8 Å². The van der Waals surface area contributed by atoms with Crippen molar-refractivity contribution in [2.75, 3.05) is 0 Å². The molecule has 2 nitrogen and oxygen atoms in total. The molecule has 0 saturated heterocycles. The van der Waals surface area contributed by atoms with E-state index in [1.54, 1.807) is 0 Å². The zero-order valence-electron chi connectivity index (χ0n) is 8.96. The number of hydrogen-bond acceptors (Lipinski definition) is 2. The van der Waals surface area contributed by atoms with Gasteiger partial charge in [0.1, 0.15) is 0 Å². The average Bonchev–Trinajstić information content (AvgIpc) is 2.30. The highest BCUT2D eigenvalue weighted by atomic mass is 14.5. The highest BCUT2D eigenvalue weighted by molar-refractivity contribution is 5.82. The molecular formula is C13H16N2. The molecule has 0 aliphatic heterocycles. The minimum Gasteiger partial charge on any atom is -0.326 e. The normalized spacial score (nSPS) is 11.2. The van der Waals surface area contributed by atoms with Crippen molar-refractivity contribution in [2.45, 2.75) is 13.5 Å². The van der Waals surface area contributed by atoms with Crippen molar-refractivity contribution < 1.29 is 0 Å². The van der Waals surface area contributed by atoms with E-state index < -0.39 is 0 Å². The van der Waals surface area contributed by atoms with Crippen LogP contribution < -0.4 is 5.73 Å². The van der Waals surface area contributed by atoms with Gasteiger partial charge in [0, 0.05) is 12.8 Å². The third-order valence-corrected chi connectivity index (χ3v) is 2.28. The van der Waals surface area contributed by atoms with Crippen molar-refractivity contribution in [1.29, 1.82) is 5.41 Å². The number of nitrogens with one attached hydrogen (secondary N) is 1. The van der Waals surface area contributed by atoms with E-state index in [2.05, 4.69) is 6.58 Å². The maximum absolute atomic E-state index is 7.26. The van der Waals surface area contributed by atoms with Gasteiger partial charge in [-0.05, 0) is 47.4 Å². The molecule has 0 aliphatic rings. The van der Waals surface area contributed by atoms with Gasteiger partial charge >= 0.3 is 0 Å². The first-order valence-corrected chi connectivity index (χ1v) is 4.88. The molecule has 0 unspecified atom stereocenters. The molecule has 0 aliphatic carbocycles. The second-order valence-corrected chi connectivity index (χ2v) is 3.26. The van der Waals surface area contributed by atoms with Crippen LogP contribution >= 0.6 is 0 Å². The smallest absolute Gasteiger partial charge is 0.0250 e. The summed E-state index contributed by atoms with van der Waals surface area (Å²) in [6.45, 7) is 6.22. The standard InChI is InChI=1S/C13H16N2/c1-3-12(4-2)13-6-10(8-14)5-11(7-13)9-15/h3-8,14H,1,9,15H2,2H3/b12-4+,14-8?. The Morgan fingerprint density at radius 2 is 2.20 bits per heavy atom. The van der Waals surface area contributed by atoms with E-state index >= 15 is 0 Å². The summed E-state index contributed by atoms with van der Waals surface area (Å²) in [5, 5.41) is 7.26. The lowest BCUT2D eigenvalue weighted by Gasteiger charge is -2.06. The number of hydrogen-bond donors (Lipinski definition) is 2. The van der Waals surface area contributed by atoms with Crippen LogP contribution in [0.25, 0.3) is 5.57 Å². The van der Waals surface area contributed by atoms with Gasteiger partial charge in [-0.25, -0.2) is 0 Å². The Balaban J connectivity index is 3.28. The molecule has 0 heterocycles. The van der Waals surface area contributed by atoms with E-state index in [0.717, 1.165) is 22.3 Å². The second kappa shape index (κ2) is 5.27. The number of allylic oxidation sites excluding steroid dienone is 3. The van der Waals surface area contributed by atoms with Gasteiger partial charge in [-0.2, -0.15) is 0 Å². The zero-order chi connectivity index (χ0) is 11.3. The highest BCUT2D eigenvalue weighted by Gasteiger charge is 2.00. The van der Waals surface area contributed by atoms with E-state index in [0.29, 0.717) is 6.54 Å². The van der Waals surface area contributed by atoms with Crippen molar-refractivity contribution in [3.05, 3.63) is 53.6 Å². The Bertz CT molecular complexity index is 403. The molecule has 0 aromatic heterocycles. The summed E-state index contributed by atoms with van der Waals surface area (Å²) in [5.41, 5.74) is 9.64. The summed E-state index contributed by atoms with van der Waals surface area (Å²) in [5.74, 6) is 0. The molecule has 0 bridgehead atoms. The summed E-state index contributed by atoms with van der Waals surface area (Å²) in [4.78, 5) is 0. The Kier molecular flexibility index (Phi) is 4.01. The quantitative estimate of drug-likeness (QED) is 0.570. The monoisotopic (exact) mass is 200 g/mol. The Morgan fingerprint density at radius 3 is 2.67 bits per heavy atom. The van der Waals surface area contributed by atoms with Crippen LogP contribution in [0.4, 0.5) is 0 Å². The number of nitrogens with two attached hydrogens (primary N) is 1. The summed E-state index contributed by atoms with van der Waals surface area (Å²) < 4.78 is 0. The summed E-state index contributed by atoms with van der Waals surface area (Å²) in [6.07, 6.45) is 5.14. The molecule has 0 amide bonds. The maximum atomic E-state index is 7.26. The van der Waals surface area contributed by atoms with E-state index in [1.807, 2.05) is 37.3 Å². The highest BCUT2D eigenvalue weighted by Crippen LogP contribution is 2.18. The van der Waals surface area contributed by atoms with Crippen molar-refractivity contribution in [3.8, 4) is 0 Å². The minimum atomic E-state index is 0.489. The molecule has 1 rings (SSSR count). The van der Waals surface area contributed by atoms with Crippen LogP contribution in [0.3, 0.4) is 0 Å². The Morgan fingerprint density at radius 1 is 1.47 bits per heavy atom. The van der Waals surface area contributed by atoms with Gasteiger partial charge in [-0.3, -0.25) is 0 Å². The van der Waals surface area contributed by atoms with Crippen LogP contribution in [0.15, 0.2) is 36.9 Å². The molecule has 3 N–H and O–H groups in total. The van der Waals surface area contributed by atoms with Crippen LogP contribution in [-0.4, -0.2) is 6.21 Å². The van der Waals surface area contributed by atoms with Crippen LogP contribution in [0, 0.1) is 5.41 Å². The van der Waals surface area contributed by atoms with Crippen LogP contribution in [-0.2, 0) is 6.54 Å². The first kappa shape index (κ1) is 11.4. The van der Waals surface area contributed by atoms with E-state index in [4.69, 9.17) is 11.1 Å². The number of benzene rings is 1. The predicted octanol–water partition coefficient (Wildman–Crippen LogP) is 2.73. The molecule has 2 heteroatoms. The molecule has 78 valence electrons. The van der Waals surface area contributed by atoms with E-state index in [-0.39, 0.29) is 0 Å². The zero-order valence-corrected chi connectivity index (χ0v) is 8.96. The third-order valence-electron chi connectivity index (χ3n) is 2.28. The van der Waals surface area contributed by atoms with Gasteiger partial charge in [0.25, 0.3) is 0 Å².